The lowest BCUT2D eigenvalue weighted by molar-refractivity contribution is -0.172. The molecule has 1 unspecified atom stereocenters. The molecule has 4 rings (SSSR count). The molecule has 2 aliphatic rings. The number of halogens is 3. The summed E-state index contributed by atoms with van der Waals surface area (Å²) in [5.41, 5.74) is -2.07. The summed E-state index contributed by atoms with van der Waals surface area (Å²) in [6.07, 6.45) is 2.16. The quantitative estimate of drug-likeness (QED) is 0.499. The maximum absolute atomic E-state index is 13.1. The van der Waals surface area contributed by atoms with Crippen LogP contribution in [-0.4, -0.2) is 66.6 Å². The summed E-state index contributed by atoms with van der Waals surface area (Å²) >= 11 is 1.34. The third-order valence-electron chi connectivity index (χ3n) is 7.28. The Morgan fingerprint density at radius 1 is 1.26 bits per heavy atom. The van der Waals surface area contributed by atoms with E-state index in [-0.39, 0.29) is 42.6 Å². The molecule has 1 aliphatic carbocycles. The number of fused-ring (bicyclic) bond motifs is 1. The number of aromatic nitrogens is 4. The van der Waals surface area contributed by atoms with Crippen LogP contribution in [0.15, 0.2) is 22.5 Å². The van der Waals surface area contributed by atoms with Gasteiger partial charge in [0.05, 0.1) is 18.6 Å². The van der Waals surface area contributed by atoms with Gasteiger partial charge < -0.3 is 10.0 Å². The fraction of sp³-hybridized carbons (Fsp3) is 0.682. The van der Waals surface area contributed by atoms with Crippen molar-refractivity contribution in [3.05, 3.63) is 22.9 Å². The summed E-state index contributed by atoms with van der Waals surface area (Å²) in [4.78, 5) is 40.0. The number of amides is 1. The lowest BCUT2D eigenvalue weighted by Gasteiger charge is -2.52. The van der Waals surface area contributed by atoms with Crippen molar-refractivity contribution in [2.24, 2.45) is 11.3 Å². The standard InChI is InChI=1S/C22H28F3N5O3S/c1-14(9-22(23,24)25)17(31)29-8-7-21(33,20(11-29)5-3-4-6-20)12-30-13-27-16-15(18(30)32)10-26-19(28-16)34-2/h10,13-14,33H,3-9,11-12H2,1-2H3/t14-,21?/m1/s1. The van der Waals surface area contributed by atoms with E-state index in [9.17, 15) is 27.9 Å². The lowest BCUT2D eigenvalue weighted by Crippen LogP contribution is -2.62. The number of thioether (sulfide) groups is 1. The molecule has 1 N–H and O–H groups in total. The van der Waals surface area contributed by atoms with Crippen molar-refractivity contribution < 1.29 is 23.1 Å². The molecule has 2 fully saturated rings. The summed E-state index contributed by atoms with van der Waals surface area (Å²) in [6.45, 7) is 1.59. The van der Waals surface area contributed by atoms with Crippen LogP contribution in [0.2, 0.25) is 0 Å². The molecule has 2 atom stereocenters. The minimum absolute atomic E-state index is 0.0147. The normalized spacial score (nSPS) is 23.5. The number of carbonyl (C=O) groups is 1. The van der Waals surface area contributed by atoms with Crippen LogP contribution in [-0.2, 0) is 11.3 Å². The molecule has 186 valence electrons. The Bertz CT molecular complexity index is 1130. The van der Waals surface area contributed by atoms with E-state index in [1.807, 2.05) is 6.26 Å². The predicted octanol–water partition coefficient (Wildman–Crippen LogP) is 3.02. The number of alkyl halides is 3. The van der Waals surface area contributed by atoms with Crippen molar-refractivity contribution in [1.82, 2.24) is 24.4 Å². The van der Waals surface area contributed by atoms with Crippen molar-refractivity contribution in [2.45, 2.75) is 68.9 Å². The second-order valence-electron chi connectivity index (χ2n) is 9.52. The van der Waals surface area contributed by atoms with Crippen molar-refractivity contribution in [3.8, 4) is 0 Å². The SMILES string of the molecule is CSc1ncc2c(=O)n(CC3(O)CCN(C(=O)[C@H](C)CC(F)(F)F)CC34CCCC4)cnc2n1. The van der Waals surface area contributed by atoms with Crippen LogP contribution in [0.5, 0.6) is 0 Å². The highest BCUT2D eigenvalue weighted by Crippen LogP contribution is 2.51. The van der Waals surface area contributed by atoms with Crippen molar-refractivity contribution in [1.29, 1.82) is 0 Å². The smallest absolute Gasteiger partial charge is 0.387 e. The molecule has 8 nitrogen and oxygen atoms in total. The Kier molecular flexibility index (Phi) is 6.67. The molecule has 0 aromatic carbocycles. The number of hydrogen-bond donors (Lipinski definition) is 1. The van der Waals surface area contributed by atoms with E-state index in [0.717, 1.165) is 12.8 Å². The highest BCUT2D eigenvalue weighted by atomic mass is 32.2. The zero-order chi connectivity index (χ0) is 24.7. The Morgan fingerprint density at radius 3 is 2.62 bits per heavy atom. The van der Waals surface area contributed by atoms with Crippen LogP contribution in [0.4, 0.5) is 13.2 Å². The zero-order valence-electron chi connectivity index (χ0n) is 19.1. The van der Waals surface area contributed by atoms with E-state index in [0.29, 0.717) is 18.0 Å². The first kappa shape index (κ1) is 24.9. The summed E-state index contributed by atoms with van der Waals surface area (Å²) in [6, 6.07) is 0. The fourth-order valence-corrected chi connectivity index (χ4v) is 5.80. The predicted molar refractivity (Wildman–Crippen MR) is 120 cm³/mol. The van der Waals surface area contributed by atoms with E-state index >= 15 is 0 Å². The second-order valence-corrected chi connectivity index (χ2v) is 10.3. The third-order valence-corrected chi connectivity index (χ3v) is 7.84. The summed E-state index contributed by atoms with van der Waals surface area (Å²) in [7, 11) is 0. The van der Waals surface area contributed by atoms with Crippen LogP contribution in [0.25, 0.3) is 11.0 Å². The van der Waals surface area contributed by atoms with Gasteiger partial charge in [0.15, 0.2) is 10.8 Å². The van der Waals surface area contributed by atoms with E-state index in [1.165, 1.54) is 40.7 Å². The maximum atomic E-state index is 13.1. The van der Waals surface area contributed by atoms with Gasteiger partial charge in [-0.1, -0.05) is 31.5 Å². The molecule has 1 saturated heterocycles. The number of likely N-dealkylation sites (tertiary alicyclic amines) is 1. The van der Waals surface area contributed by atoms with Gasteiger partial charge in [-0.25, -0.2) is 15.0 Å². The van der Waals surface area contributed by atoms with Gasteiger partial charge in [0.2, 0.25) is 5.91 Å². The maximum Gasteiger partial charge on any atom is 0.389 e. The summed E-state index contributed by atoms with van der Waals surface area (Å²) in [5.74, 6) is -1.72. The van der Waals surface area contributed by atoms with Gasteiger partial charge in [-0.15, -0.1) is 0 Å². The molecule has 2 aromatic rings. The van der Waals surface area contributed by atoms with Crippen LogP contribution in [0, 0.1) is 11.3 Å². The summed E-state index contributed by atoms with van der Waals surface area (Å²) in [5, 5.41) is 12.6. The largest absolute Gasteiger partial charge is 0.389 e. The van der Waals surface area contributed by atoms with Gasteiger partial charge in [-0.3, -0.25) is 14.2 Å². The first-order valence-corrected chi connectivity index (χ1v) is 12.5. The van der Waals surface area contributed by atoms with E-state index in [4.69, 9.17) is 0 Å². The number of aliphatic hydroxyl groups is 1. The van der Waals surface area contributed by atoms with Crippen LogP contribution in [0.3, 0.4) is 0 Å². The molecule has 0 bridgehead atoms. The Morgan fingerprint density at radius 2 is 1.97 bits per heavy atom. The van der Waals surface area contributed by atoms with Gasteiger partial charge in [-0.2, -0.15) is 13.2 Å². The third kappa shape index (κ3) is 4.66. The number of rotatable bonds is 5. The Balaban J connectivity index is 1.60. The lowest BCUT2D eigenvalue weighted by atomic mass is 9.65. The van der Waals surface area contributed by atoms with Gasteiger partial charge >= 0.3 is 6.18 Å². The van der Waals surface area contributed by atoms with Gasteiger partial charge in [-0.05, 0) is 25.5 Å². The van der Waals surface area contributed by atoms with Crippen molar-refractivity contribution in [2.75, 3.05) is 19.3 Å². The minimum Gasteiger partial charge on any atom is -0.387 e. The average molecular weight is 500 g/mol. The second kappa shape index (κ2) is 9.10. The summed E-state index contributed by atoms with van der Waals surface area (Å²) < 4.78 is 39.8. The number of piperidine rings is 1. The van der Waals surface area contributed by atoms with Gasteiger partial charge in [0.1, 0.15) is 11.7 Å². The molecular weight excluding hydrogens is 471 g/mol. The fourth-order valence-electron chi connectivity index (χ4n) is 5.46. The topological polar surface area (TPSA) is 101 Å². The molecule has 34 heavy (non-hydrogen) atoms. The molecule has 3 heterocycles. The molecule has 12 heteroatoms. The van der Waals surface area contributed by atoms with Crippen LogP contribution >= 0.6 is 11.8 Å². The Labute approximate surface area is 199 Å². The molecule has 1 saturated carbocycles. The van der Waals surface area contributed by atoms with Gasteiger partial charge in [0, 0.05) is 30.6 Å². The molecule has 1 aliphatic heterocycles. The van der Waals surface area contributed by atoms with E-state index < -0.39 is 35.4 Å². The molecule has 0 radical (unpaired) electrons. The minimum atomic E-state index is -4.42. The molecule has 1 amide bonds. The number of carbonyl (C=O) groups excluding carboxylic acids is 1. The van der Waals surface area contributed by atoms with Crippen LogP contribution < -0.4 is 5.56 Å². The van der Waals surface area contributed by atoms with Crippen molar-refractivity contribution in [3.63, 3.8) is 0 Å². The molecular formula is C22H28F3N5O3S. The highest BCUT2D eigenvalue weighted by Gasteiger charge is 2.56. The van der Waals surface area contributed by atoms with Gasteiger partial charge in [0.25, 0.3) is 5.56 Å². The average Bonchev–Trinajstić information content (AvgIpc) is 3.26. The molecule has 1 spiro atoms. The monoisotopic (exact) mass is 499 g/mol. The first-order chi connectivity index (χ1) is 16.0. The van der Waals surface area contributed by atoms with Crippen molar-refractivity contribution >= 4 is 28.7 Å². The zero-order valence-corrected chi connectivity index (χ0v) is 20.0. The van der Waals surface area contributed by atoms with Crippen LogP contribution in [0.1, 0.15) is 45.4 Å². The van der Waals surface area contributed by atoms with E-state index in [1.54, 1.807) is 0 Å². The number of nitrogens with zero attached hydrogens (tertiary/aromatic N) is 5. The molecule has 2 aromatic heterocycles. The Hall–Kier alpha value is -2.21. The first-order valence-electron chi connectivity index (χ1n) is 11.3. The van der Waals surface area contributed by atoms with E-state index in [2.05, 4.69) is 15.0 Å². The highest BCUT2D eigenvalue weighted by molar-refractivity contribution is 7.98. The number of hydrogen-bond acceptors (Lipinski definition) is 7.